The number of carbonyl (C=O) groups is 1. The Hall–Kier alpha value is -1.66. The van der Waals surface area contributed by atoms with Gasteiger partial charge in [0, 0.05) is 25.2 Å². The van der Waals surface area contributed by atoms with Crippen LogP contribution in [0.5, 0.6) is 0 Å². The first-order valence-corrected chi connectivity index (χ1v) is 6.51. The van der Waals surface area contributed by atoms with Crippen molar-refractivity contribution < 1.29 is 14.5 Å². The second-order valence-corrected chi connectivity index (χ2v) is 4.98. The average molecular weight is 301 g/mol. The van der Waals surface area contributed by atoms with Crippen molar-refractivity contribution in [3.05, 3.63) is 38.9 Å². The maximum absolute atomic E-state index is 12.1. The molecule has 20 heavy (non-hydrogen) atoms. The number of amides is 1. The van der Waals surface area contributed by atoms with Gasteiger partial charge in [-0.3, -0.25) is 14.9 Å². The lowest BCUT2D eigenvalue weighted by Gasteiger charge is -2.18. The third-order valence-electron chi connectivity index (χ3n) is 2.61. The minimum absolute atomic E-state index is 0.0114. The SMILES string of the molecule is CC(C)OCCN(C)C(=O)c1ccc(Cl)c([N+](=O)[O-])c1. The fourth-order valence-corrected chi connectivity index (χ4v) is 1.72. The maximum atomic E-state index is 12.1. The summed E-state index contributed by atoms with van der Waals surface area (Å²) in [5.74, 6) is -0.308. The van der Waals surface area contributed by atoms with Crippen molar-refractivity contribution in [1.82, 2.24) is 4.90 Å². The van der Waals surface area contributed by atoms with Crippen LogP contribution in [0.3, 0.4) is 0 Å². The molecular formula is C13H17ClN2O4. The Labute approximate surface area is 122 Å². The highest BCUT2D eigenvalue weighted by Gasteiger charge is 2.18. The standard InChI is InChI=1S/C13H17ClN2O4/c1-9(2)20-7-6-15(3)13(17)10-4-5-11(14)12(8-10)16(18)19/h4-5,8-9H,6-7H2,1-3H3. The van der Waals surface area contributed by atoms with Gasteiger partial charge in [0.2, 0.25) is 0 Å². The number of ether oxygens (including phenoxy) is 1. The number of halogens is 1. The molecule has 0 spiro atoms. The van der Waals surface area contributed by atoms with Crippen LogP contribution in [-0.4, -0.2) is 42.0 Å². The molecule has 0 bridgehead atoms. The van der Waals surface area contributed by atoms with Gasteiger partial charge in [0.15, 0.2) is 0 Å². The van der Waals surface area contributed by atoms with Crippen LogP contribution < -0.4 is 0 Å². The summed E-state index contributed by atoms with van der Waals surface area (Å²) in [5, 5.41) is 10.8. The Morgan fingerprint density at radius 2 is 2.15 bits per heavy atom. The normalized spacial score (nSPS) is 10.7. The topological polar surface area (TPSA) is 72.7 Å². The molecular weight excluding hydrogens is 284 g/mol. The minimum Gasteiger partial charge on any atom is -0.377 e. The minimum atomic E-state index is -0.610. The quantitative estimate of drug-likeness (QED) is 0.598. The summed E-state index contributed by atoms with van der Waals surface area (Å²) >= 11 is 5.71. The second-order valence-electron chi connectivity index (χ2n) is 4.57. The van der Waals surface area contributed by atoms with Crippen molar-refractivity contribution in [3.63, 3.8) is 0 Å². The highest BCUT2D eigenvalue weighted by molar-refractivity contribution is 6.32. The number of benzene rings is 1. The van der Waals surface area contributed by atoms with Crippen LogP contribution >= 0.6 is 11.6 Å². The first-order valence-electron chi connectivity index (χ1n) is 6.14. The molecule has 0 atom stereocenters. The maximum Gasteiger partial charge on any atom is 0.288 e. The molecule has 0 aliphatic heterocycles. The molecule has 0 heterocycles. The molecule has 6 nitrogen and oxygen atoms in total. The molecule has 1 aromatic rings. The van der Waals surface area contributed by atoms with Crippen LogP contribution in [-0.2, 0) is 4.74 Å². The number of nitrogens with zero attached hydrogens (tertiary/aromatic N) is 2. The van der Waals surface area contributed by atoms with Gasteiger partial charge in [0.1, 0.15) is 5.02 Å². The summed E-state index contributed by atoms with van der Waals surface area (Å²) in [5.41, 5.74) is -0.0440. The van der Waals surface area contributed by atoms with Crippen LogP contribution in [0.15, 0.2) is 18.2 Å². The lowest BCUT2D eigenvalue weighted by atomic mass is 10.2. The Balaban J connectivity index is 2.76. The molecule has 0 saturated heterocycles. The summed E-state index contributed by atoms with van der Waals surface area (Å²) in [6.45, 7) is 4.64. The van der Waals surface area contributed by atoms with E-state index < -0.39 is 4.92 Å². The zero-order valence-corrected chi connectivity index (χ0v) is 12.4. The largest absolute Gasteiger partial charge is 0.377 e. The van der Waals surface area contributed by atoms with Crippen LogP contribution in [0.1, 0.15) is 24.2 Å². The van der Waals surface area contributed by atoms with E-state index in [1.807, 2.05) is 13.8 Å². The van der Waals surface area contributed by atoms with Crippen molar-refractivity contribution in [2.24, 2.45) is 0 Å². The number of hydrogen-bond donors (Lipinski definition) is 0. The molecule has 110 valence electrons. The molecule has 0 aromatic heterocycles. The highest BCUT2D eigenvalue weighted by atomic mass is 35.5. The number of hydrogen-bond acceptors (Lipinski definition) is 4. The molecule has 0 aliphatic rings. The van der Waals surface area contributed by atoms with Gasteiger partial charge in [-0.15, -0.1) is 0 Å². The van der Waals surface area contributed by atoms with Gasteiger partial charge in [-0.1, -0.05) is 11.6 Å². The Morgan fingerprint density at radius 3 is 2.70 bits per heavy atom. The molecule has 0 fully saturated rings. The van der Waals surface area contributed by atoms with Crippen molar-refractivity contribution in [2.45, 2.75) is 20.0 Å². The van der Waals surface area contributed by atoms with Gasteiger partial charge in [0.25, 0.3) is 11.6 Å². The molecule has 0 radical (unpaired) electrons. The van der Waals surface area contributed by atoms with E-state index >= 15 is 0 Å². The van der Waals surface area contributed by atoms with Crippen molar-refractivity contribution in [2.75, 3.05) is 20.2 Å². The van der Waals surface area contributed by atoms with Crippen molar-refractivity contribution >= 4 is 23.2 Å². The second kappa shape index (κ2) is 7.21. The monoisotopic (exact) mass is 300 g/mol. The molecule has 0 aliphatic carbocycles. The zero-order chi connectivity index (χ0) is 15.3. The summed E-state index contributed by atoms with van der Waals surface area (Å²) in [4.78, 5) is 23.7. The van der Waals surface area contributed by atoms with E-state index in [2.05, 4.69) is 0 Å². The Kier molecular flexibility index (Phi) is 5.91. The zero-order valence-electron chi connectivity index (χ0n) is 11.6. The molecule has 1 rings (SSSR count). The lowest BCUT2D eigenvalue weighted by Crippen LogP contribution is -2.30. The molecule has 1 amide bonds. The smallest absolute Gasteiger partial charge is 0.288 e. The van der Waals surface area contributed by atoms with E-state index in [1.165, 1.54) is 23.1 Å². The number of rotatable bonds is 6. The van der Waals surface area contributed by atoms with E-state index in [-0.39, 0.29) is 28.3 Å². The predicted molar refractivity (Wildman–Crippen MR) is 76.2 cm³/mol. The molecule has 7 heteroatoms. The highest BCUT2D eigenvalue weighted by Crippen LogP contribution is 2.25. The third-order valence-corrected chi connectivity index (χ3v) is 2.93. The number of carbonyl (C=O) groups excluding carboxylic acids is 1. The van der Waals surface area contributed by atoms with Crippen molar-refractivity contribution in [1.29, 1.82) is 0 Å². The Morgan fingerprint density at radius 1 is 1.50 bits per heavy atom. The summed E-state index contributed by atoms with van der Waals surface area (Å²) < 4.78 is 5.36. The van der Waals surface area contributed by atoms with Gasteiger partial charge < -0.3 is 9.64 Å². The number of likely N-dealkylation sites (N-methyl/N-ethyl adjacent to an activating group) is 1. The molecule has 1 aromatic carbocycles. The van der Waals surface area contributed by atoms with Crippen LogP contribution in [0.4, 0.5) is 5.69 Å². The first kappa shape index (κ1) is 16.4. The fraction of sp³-hybridized carbons (Fsp3) is 0.462. The summed E-state index contributed by atoms with van der Waals surface area (Å²) in [7, 11) is 1.62. The van der Waals surface area contributed by atoms with Crippen LogP contribution in [0.2, 0.25) is 5.02 Å². The number of nitro groups is 1. The van der Waals surface area contributed by atoms with E-state index in [1.54, 1.807) is 7.05 Å². The van der Waals surface area contributed by atoms with Crippen molar-refractivity contribution in [3.8, 4) is 0 Å². The van der Waals surface area contributed by atoms with Gasteiger partial charge in [-0.05, 0) is 26.0 Å². The third kappa shape index (κ3) is 4.47. The first-order chi connectivity index (χ1) is 9.32. The Bertz CT molecular complexity index is 505. The molecule has 0 N–H and O–H groups in total. The van der Waals surface area contributed by atoms with Gasteiger partial charge in [0.05, 0.1) is 17.6 Å². The molecule has 0 saturated carbocycles. The van der Waals surface area contributed by atoms with E-state index in [4.69, 9.17) is 16.3 Å². The van der Waals surface area contributed by atoms with Gasteiger partial charge >= 0.3 is 0 Å². The number of nitro benzene ring substituents is 1. The lowest BCUT2D eigenvalue weighted by molar-refractivity contribution is -0.384. The average Bonchev–Trinajstić information content (AvgIpc) is 2.37. The van der Waals surface area contributed by atoms with Gasteiger partial charge in [-0.25, -0.2) is 0 Å². The summed E-state index contributed by atoms with van der Waals surface area (Å²) in [6, 6.07) is 4.01. The van der Waals surface area contributed by atoms with Crippen LogP contribution in [0, 0.1) is 10.1 Å². The molecule has 0 unspecified atom stereocenters. The van der Waals surface area contributed by atoms with Gasteiger partial charge in [-0.2, -0.15) is 0 Å². The fourth-order valence-electron chi connectivity index (χ4n) is 1.53. The van der Waals surface area contributed by atoms with E-state index in [0.29, 0.717) is 13.2 Å². The van der Waals surface area contributed by atoms with Crippen LogP contribution in [0.25, 0.3) is 0 Å². The predicted octanol–water partition coefficient (Wildman–Crippen LogP) is 2.75. The van der Waals surface area contributed by atoms with E-state index in [0.717, 1.165) is 0 Å². The summed E-state index contributed by atoms with van der Waals surface area (Å²) in [6.07, 6.45) is 0.0927. The van der Waals surface area contributed by atoms with E-state index in [9.17, 15) is 14.9 Å².